The van der Waals surface area contributed by atoms with Gasteiger partial charge in [-0.2, -0.15) is 0 Å². The average molecular weight is 255 g/mol. The number of aliphatic carboxylic acids is 1. The van der Waals surface area contributed by atoms with Crippen LogP contribution in [0.2, 0.25) is 0 Å². The Morgan fingerprint density at radius 2 is 2.28 bits per heavy atom. The van der Waals surface area contributed by atoms with Gasteiger partial charge in [-0.15, -0.1) is 0 Å². The first-order valence-electron chi connectivity index (χ1n) is 5.67. The van der Waals surface area contributed by atoms with E-state index in [1.165, 1.54) is 11.9 Å². The maximum absolute atomic E-state index is 11.6. The Morgan fingerprint density at radius 1 is 1.56 bits per heavy atom. The second-order valence-electron chi connectivity index (χ2n) is 3.80. The number of carboxylic acids is 1. The zero-order chi connectivity index (χ0) is 13.5. The van der Waals surface area contributed by atoms with Crippen LogP contribution in [0.15, 0.2) is 10.6 Å². The summed E-state index contributed by atoms with van der Waals surface area (Å²) in [6, 6.07) is -0.354. The smallest absolute Gasteiger partial charge is 0.317 e. The van der Waals surface area contributed by atoms with Crippen molar-refractivity contribution < 1.29 is 19.1 Å². The predicted octanol–water partition coefficient (Wildman–Crippen LogP) is 0.853. The molecule has 0 aliphatic heterocycles. The number of nitrogens with zero attached hydrogens (tertiary/aromatic N) is 2. The highest BCUT2D eigenvalue weighted by molar-refractivity contribution is 5.74. The molecule has 0 saturated heterocycles. The van der Waals surface area contributed by atoms with Crippen LogP contribution in [-0.4, -0.2) is 40.6 Å². The number of carboxylic acid groups (broad SMARTS) is 1. The van der Waals surface area contributed by atoms with Crippen molar-refractivity contribution in [3.8, 4) is 0 Å². The molecule has 0 spiro atoms. The molecule has 0 bridgehead atoms. The molecule has 18 heavy (non-hydrogen) atoms. The fraction of sp³-hybridized carbons (Fsp3) is 0.545. The van der Waals surface area contributed by atoms with Gasteiger partial charge < -0.3 is 19.7 Å². The van der Waals surface area contributed by atoms with Crippen molar-refractivity contribution in [3.63, 3.8) is 0 Å². The van der Waals surface area contributed by atoms with Gasteiger partial charge in [0, 0.05) is 20.0 Å². The molecule has 1 rings (SSSR count). The van der Waals surface area contributed by atoms with E-state index in [0.717, 1.165) is 12.2 Å². The lowest BCUT2D eigenvalue weighted by Crippen LogP contribution is -2.38. The van der Waals surface area contributed by atoms with Crippen molar-refractivity contribution >= 4 is 12.0 Å². The molecule has 1 aromatic heterocycles. The Bertz CT molecular complexity index is 416. The molecule has 0 atom stereocenters. The van der Waals surface area contributed by atoms with Crippen LogP contribution in [0.1, 0.15) is 25.0 Å². The first-order valence-corrected chi connectivity index (χ1v) is 5.67. The van der Waals surface area contributed by atoms with Gasteiger partial charge in [0.05, 0.1) is 19.2 Å². The lowest BCUT2D eigenvalue weighted by molar-refractivity contribution is -0.137. The SMILES string of the molecule is CCc1cnc(CNC(=O)N(C)CCC(=O)O)o1. The van der Waals surface area contributed by atoms with Crippen LogP contribution in [0.3, 0.4) is 0 Å². The van der Waals surface area contributed by atoms with Gasteiger partial charge in [0.15, 0.2) is 0 Å². The second-order valence-corrected chi connectivity index (χ2v) is 3.80. The Kier molecular flexibility index (Phi) is 5.16. The van der Waals surface area contributed by atoms with Gasteiger partial charge >= 0.3 is 12.0 Å². The summed E-state index contributed by atoms with van der Waals surface area (Å²) >= 11 is 0. The third kappa shape index (κ3) is 4.44. The third-order valence-electron chi connectivity index (χ3n) is 2.35. The standard InChI is InChI=1S/C11H17N3O4/c1-3-8-6-12-9(18-8)7-13-11(17)14(2)5-4-10(15)16/h6H,3-5,7H2,1-2H3,(H,13,17)(H,15,16). The highest BCUT2D eigenvalue weighted by Gasteiger charge is 2.11. The van der Waals surface area contributed by atoms with Crippen molar-refractivity contribution in [1.29, 1.82) is 0 Å². The Balaban J connectivity index is 2.33. The largest absolute Gasteiger partial charge is 0.481 e. The summed E-state index contributed by atoms with van der Waals surface area (Å²) in [5.41, 5.74) is 0. The first-order chi connectivity index (χ1) is 8.52. The van der Waals surface area contributed by atoms with E-state index in [-0.39, 0.29) is 25.5 Å². The van der Waals surface area contributed by atoms with Crippen LogP contribution in [0.5, 0.6) is 0 Å². The molecule has 7 heteroatoms. The van der Waals surface area contributed by atoms with E-state index >= 15 is 0 Å². The Morgan fingerprint density at radius 3 is 2.83 bits per heavy atom. The molecule has 0 radical (unpaired) electrons. The number of aryl methyl sites for hydroxylation is 1. The van der Waals surface area contributed by atoms with Crippen LogP contribution >= 0.6 is 0 Å². The number of rotatable bonds is 6. The van der Waals surface area contributed by atoms with E-state index in [1.807, 2.05) is 6.92 Å². The maximum Gasteiger partial charge on any atom is 0.317 e. The second kappa shape index (κ2) is 6.63. The van der Waals surface area contributed by atoms with Crippen molar-refractivity contribution in [2.75, 3.05) is 13.6 Å². The Labute approximate surface area is 105 Å². The summed E-state index contributed by atoms with van der Waals surface area (Å²) in [6.45, 7) is 2.30. The molecule has 0 unspecified atom stereocenters. The summed E-state index contributed by atoms with van der Waals surface area (Å²) in [6.07, 6.45) is 2.29. The van der Waals surface area contributed by atoms with Gasteiger partial charge in [0.2, 0.25) is 5.89 Å². The molecule has 2 N–H and O–H groups in total. The molecule has 0 fully saturated rings. The van der Waals surface area contributed by atoms with Crippen molar-refractivity contribution in [3.05, 3.63) is 17.8 Å². The first kappa shape index (κ1) is 14.0. The van der Waals surface area contributed by atoms with E-state index in [2.05, 4.69) is 10.3 Å². The van der Waals surface area contributed by atoms with Gasteiger partial charge in [0.1, 0.15) is 5.76 Å². The lowest BCUT2D eigenvalue weighted by Gasteiger charge is -2.15. The molecule has 0 aliphatic rings. The Hall–Kier alpha value is -2.05. The molecule has 0 aromatic carbocycles. The molecule has 1 aromatic rings. The van der Waals surface area contributed by atoms with Crippen LogP contribution in [0.4, 0.5) is 4.79 Å². The van der Waals surface area contributed by atoms with Crippen LogP contribution in [0.25, 0.3) is 0 Å². The van der Waals surface area contributed by atoms with Crippen LogP contribution in [-0.2, 0) is 17.8 Å². The summed E-state index contributed by atoms with van der Waals surface area (Å²) in [5.74, 6) is 0.264. The molecule has 7 nitrogen and oxygen atoms in total. The van der Waals surface area contributed by atoms with E-state index in [4.69, 9.17) is 9.52 Å². The maximum atomic E-state index is 11.6. The molecule has 0 aliphatic carbocycles. The van der Waals surface area contributed by atoms with E-state index in [9.17, 15) is 9.59 Å². The van der Waals surface area contributed by atoms with Gasteiger partial charge in [0.25, 0.3) is 0 Å². The van der Waals surface area contributed by atoms with E-state index in [0.29, 0.717) is 5.89 Å². The lowest BCUT2D eigenvalue weighted by atomic mass is 10.4. The number of hydrogen-bond donors (Lipinski definition) is 2. The fourth-order valence-corrected chi connectivity index (χ4v) is 1.24. The minimum Gasteiger partial charge on any atom is -0.481 e. The minimum absolute atomic E-state index is 0.0805. The molecule has 1 heterocycles. The molecular formula is C11H17N3O4. The number of aromatic nitrogens is 1. The summed E-state index contributed by atoms with van der Waals surface area (Å²) in [7, 11) is 1.53. The zero-order valence-corrected chi connectivity index (χ0v) is 10.5. The average Bonchev–Trinajstić information content (AvgIpc) is 2.80. The minimum atomic E-state index is -0.935. The molecular weight excluding hydrogens is 238 g/mol. The van der Waals surface area contributed by atoms with Crippen LogP contribution in [0, 0.1) is 0 Å². The fourth-order valence-electron chi connectivity index (χ4n) is 1.24. The van der Waals surface area contributed by atoms with Crippen molar-refractivity contribution in [1.82, 2.24) is 15.2 Å². The topological polar surface area (TPSA) is 95.7 Å². The molecule has 2 amide bonds. The summed E-state index contributed by atoms with van der Waals surface area (Å²) in [4.78, 5) is 27.2. The summed E-state index contributed by atoms with van der Waals surface area (Å²) < 4.78 is 5.32. The van der Waals surface area contributed by atoms with E-state index in [1.54, 1.807) is 6.20 Å². The van der Waals surface area contributed by atoms with E-state index < -0.39 is 5.97 Å². The van der Waals surface area contributed by atoms with Gasteiger partial charge in [-0.25, -0.2) is 9.78 Å². The molecule has 100 valence electrons. The quantitative estimate of drug-likeness (QED) is 0.785. The third-order valence-corrected chi connectivity index (χ3v) is 2.35. The normalized spacial score (nSPS) is 10.1. The highest BCUT2D eigenvalue weighted by atomic mass is 16.4. The number of carbonyl (C=O) groups excluding carboxylic acids is 1. The predicted molar refractivity (Wildman–Crippen MR) is 63.0 cm³/mol. The number of urea groups is 1. The van der Waals surface area contributed by atoms with Gasteiger partial charge in [-0.1, -0.05) is 6.92 Å². The van der Waals surface area contributed by atoms with Crippen LogP contribution < -0.4 is 5.32 Å². The number of nitrogens with one attached hydrogen (secondary N) is 1. The highest BCUT2D eigenvalue weighted by Crippen LogP contribution is 2.03. The number of amides is 2. The summed E-state index contributed by atoms with van der Waals surface area (Å²) in [5, 5.41) is 11.1. The monoisotopic (exact) mass is 255 g/mol. The van der Waals surface area contributed by atoms with Gasteiger partial charge in [-0.05, 0) is 0 Å². The van der Waals surface area contributed by atoms with Gasteiger partial charge in [-0.3, -0.25) is 4.79 Å². The zero-order valence-electron chi connectivity index (χ0n) is 10.5. The van der Waals surface area contributed by atoms with Crippen molar-refractivity contribution in [2.24, 2.45) is 0 Å². The number of hydrogen-bond acceptors (Lipinski definition) is 4. The van der Waals surface area contributed by atoms with Crippen molar-refractivity contribution in [2.45, 2.75) is 26.3 Å². The molecule has 0 saturated carbocycles. The number of carbonyl (C=O) groups is 2. The number of oxazole rings is 1.